The molecule has 1 aromatic rings. The van der Waals surface area contributed by atoms with Gasteiger partial charge >= 0.3 is 6.03 Å². The van der Waals surface area contributed by atoms with Crippen molar-refractivity contribution in [2.24, 2.45) is 0 Å². The SMILES string of the molecule is C[C@H](Cc1ccco1)NC(=O)N[C@H]1CCS(=O)(=O)C1. The molecular formula is C12H18N2O4S. The Bertz CT molecular complexity index is 524. The first-order valence-electron chi connectivity index (χ1n) is 6.24. The third-order valence-electron chi connectivity index (χ3n) is 3.03. The normalized spacial score (nSPS) is 22.9. The van der Waals surface area contributed by atoms with E-state index < -0.39 is 9.84 Å². The van der Waals surface area contributed by atoms with Crippen LogP contribution in [0.3, 0.4) is 0 Å². The molecule has 0 spiro atoms. The van der Waals surface area contributed by atoms with E-state index in [9.17, 15) is 13.2 Å². The molecule has 0 saturated carbocycles. The number of amides is 2. The molecule has 0 aliphatic carbocycles. The Kier molecular flexibility index (Phi) is 4.14. The van der Waals surface area contributed by atoms with Crippen LogP contribution in [0, 0.1) is 0 Å². The second-order valence-electron chi connectivity index (χ2n) is 4.90. The highest BCUT2D eigenvalue weighted by Gasteiger charge is 2.29. The topological polar surface area (TPSA) is 88.4 Å². The van der Waals surface area contributed by atoms with E-state index in [1.165, 1.54) is 0 Å². The van der Waals surface area contributed by atoms with Crippen LogP contribution in [-0.4, -0.2) is 38.0 Å². The molecule has 106 valence electrons. The Morgan fingerprint density at radius 3 is 2.95 bits per heavy atom. The number of urea groups is 1. The van der Waals surface area contributed by atoms with Gasteiger partial charge in [-0.25, -0.2) is 13.2 Å². The summed E-state index contributed by atoms with van der Waals surface area (Å²) in [5.41, 5.74) is 0. The summed E-state index contributed by atoms with van der Waals surface area (Å²) in [6.07, 6.45) is 2.68. The minimum Gasteiger partial charge on any atom is -0.469 e. The lowest BCUT2D eigenvalue weighted by Gasteiger charge is -2.16. The molecule has 0 aromatic carbocycles. The van der Waals surface area contributed by atoms with Gasteiger partial charge in [0.2, 0.25) is 0 Å². The molecule has 19 heavy (non-hydrogen) atoms. The van der Waals surface area contributed by atoms with Crippen LogP contribution in [0.1, 0.15) is 19.1 Å². The maximum Gasteiger partial charge on any atom is 0.315 e. The van der Waals surface area contributed by atoms with Crippen LogP contribution < -0.4 is 10.6 Å². The van der Waals surface area contributed by atoms with Crippen LogP contribution in [0.15, 0.2) is 22.8 Å². The molecule has 2 atom stereocenters. The molecule has 0 bridgehead atoms. The smallest absolute Gasteiger partial charge is 0.315 e. The number of sulfone groups is 1. The zero-order chi connectivity index (χ0) is 13.9. The van der Waals surface area contributed by atoms with E-state index in [0.717, 1.165) is 5.76 Å². The van der Waals surface area contributed by atoms with Crippen molar-refractivity contribution in [2.45, 2.75) is 31.8 Å². The molecule has 6 nitrogen and oxygen atoms in total. The van der Waals surface area contributed by atoms with Crippen LogP contribution in [-0.2, 0) is 16.3 Å². The first-order chi connectivity index (χ1) is 8.94. The quantitative estimate of drug-likeness (QED) is 0.852. The van der Waals surface area contributed by atoms with Gasteiger partial charge in [0, 0.05) is 18.5 Å². The average molecular weight is 286 g/mol. The number of carbonyl (C=O) groups is 1. The Hall–Kier alpha value is -1.50. The predicted molar refractivity (Wildman–Crippen MR) is 70.6 cm³/mol. The third-order valence-corrected chi connectivity index (χ3v) is 4.80. The molecule has 7 heteroatoms. The molecule has 2 N–H and O–H groups in total. The summed E-state index contributed by atoms with van der Waals surface area (Å²) < 4.78 is 27.7. The maximum absolute atomic E-state index is 11.7. The van der Waals surface area contributed by atoms with E-state index in [0.29, 0.717) is 12.8 Å². The lowest BCUT2D eigenvalue weighted by Crippen LogP contribution is -2.46. The van der Waals surface area contributed by atoms with Gasteiger partial charge in [-0.15, -0.1) is 0 Å². The highest BCUT2D eigenvalue weighted by atomic mass is 32.2. The summed E-state index contributed by atoms with van der Waals surface area (Å²) in [4.78, 5) is 11.7. The molecule has 1 saturated heterocycles. The van der Waals surface area contributed by atoms with Gasteiger partial charge in [-0.1, -0.05) is 0 Å². The number of hydrogen-bond donors (Lipinski definition) is 2. The maximum atomic E-state index is 11.7. The molecule has 0 unspecified atom stereocenters. The van der Waals surface area contributed by atoms with Gasteiger partial charge in [0.25, 0.3) is 0 Å². The summed E-state index contributed by atoms with van der Waals surface area (Å²) in [6.45, 7) is 1.87. The molecule has 2 rings (SSSR count). The molecule has 2 heterocycles. The number of hydrogen-bond acceptors (Lipinski definition) is 4. The van der Waals surface area contributed by atoms with Gasteiger partial charge in [0.15, 0.2) is 9.84 Å². The van der Waals surface area contributed by atoms with Crippen LogP contribution in [0.4, 0.5) is 4.79 Å². The van der Waals surface area contributed by atoms with Crippen LogP contribution in [0.2, 0.25) is 0 Å². The predicted octanol–water partition coefficient (Wildman–Crippen LogP) is 0.697. The van der Waals surface area contributed by atoms with Gasteiger partial charge < -0.3 is 15.1 Å². The second kappa shape index (κ2) is 5.64. The fourth-order valence-electron chi connectivity index (χ4n) is 2.14. The molecule has 0 radical (unpaired) electrons. The minimum atomic E-state index is -2.97. The number of rotatable bonds is 4. The van der Waals surface area contributed by atoms with Gasteiger partial charge in [0.05, 0.1) is 17.8 Å². The fraction of sp³-hybridized carbons (Fsp3) is 0.583. The zero-order valence-corrected chi connectivity index (χ0v) is 11.6. The second-order valence-corrected chi connectivity index (χ2v) is 7.13. The Labute approximate surface area is 112 Å². The van der Waals surface area contributed by atoms with Gasteiger partial charge in [-0.3, -0.25) is 0 Å². The summed E-state index contributed by atoms with van der Waals surface area (Å²) >= 11 is 0. The van der Waals surface area contributed by atoms with Crippen molar-refractivity contribution in [3.8, 4) is 0 Å². The summed E-state index contributed by atoms with van der Waals surface area (Å²) in [7, 11) is -2.97. The van der Waals surface area contributed by atoms with Crippen LogP contribution in [0.5, 0.6) is 0 Å². The lowest BCUT2D eigenvalue weighted by molar-refractivity contribution is 0.234. The summed E-state index contributed by atoms with van der Waals surface area (Å²) in [5.74, 6) is 0.989. The molecule has 1 aromatic heterocycles. The van der Waals surface area contributed by atoms with Crippen molar-refractivity contribution >= 4 is 15.9 Å². The number of furan rings is 1. The Balaban J connectivity index is 1.75. The summed E-state index contributed by atoms with van der Waals surface area (Å²) in [6, 6.07) is 2.96. The monoisotopic (exact) mass is 286 g/mol. The molecule has 1 aliphatic rings. The Morgan fingerprint density at radius 1 is 1.58 bits per heavy atom. The number of nitrogens with one attached hydrogen (secondary N) is 2. The van der Waals surface area contributed by atoms with Crippen LogP contribution in [0.25, 0.3) is 0 Å². The molecule has 1 fully saturated rings. The number of carbonyl (C=O) groups excluding carboxylic acids is 1. The van der Waals surface area contributed by atoms with E-state index >= 15 is 0 Å². The lowest BCUT2D eigenvalue weighted by atomic mass is 10.2. The molecule has 2 amide bonds. The van der Waals surface area contributed by atoms with Crippen molar-refractivity contribution in [1.29, 1.82) is 0 Å². The van der Waals surface area contributed by atoms with Gasteiger partial charge in [-0.05, 0) is 25.5 Å². The fourth-order valence-corrected chi connectivity index (χ4v) is 3.81. The van der Waals surface area contributed by atoms with E-state index in [1.54, 1.807) is 12.3 Å². The van der Waals surface area contributed by atoms with Crippen molar-refractivity contribution in [2.75, 3.05) is 11.5 Å². The zero-order valence-electron chi connectivity index (χ0n) is 10.8. The van der Waals surface area contributed by atoms with Crippen molar-refractivity contribution in [3.63, 3.8) is 0 Å². The van der Waals surface area contributed by atoms with E-state index in [-0.39, 0.29) is 29.6 Å². The summed E-state index contributed by atoms with van der Waals surface area (Å²) in [5, 5.41) is 5.45. The minimum absolute atomic E-state index is 0.0347. The van der Waals surface area contributed by atoms with Gasteiger partial charge in [-0.2, -0.15) is 0 Å². The Morgan fingerprint density at radius 2 is 2.37 bits per heavy atom. The van der Waals surface area contributed by atoms with E-state index in [2.05, 4.69) is 10.6 Å². The molecular weight excluding hydrogens is 268 g/mol. The van der Waals surface area contributed by atoms with Gasteiger partial charge in [0.1, 0.15) is 5.76 Å². The first kappa shape index (κ1) is 13.9. The van der Waals surface area contributed by atoms with E-state index in [4.69, 9.17) is 4.42 Å². The highest BCUT2D eigenvalue weighted by Crippen LogP contribution is 2.11. The van der Waals surface area contributed by atoms with Crippen molar-refractivity contribution in [1.82, 2.24) is 10.6 Å². The van der Waals surface area contributed by atoms with Crippen molar-refractivity contribution < 1.29 is 17.6 Å². The average Bonchev–Trinajstić information content (AvgIpc) is 2.88. The standard InChI is InChI=1S/C12H18N2O4S/c1-9(7-11-3-2-5-18-11)13-12(15)14-10-4-6-19(16,17)8-10/h2-3,5,9-10H,4,6-8H2,1H3,(H2,13,14,15)/t9-,10+/m1/s1. The first-order valence-corrected chi connectivity index (χ1v) is 8.06. The van der Waals surface area contributed by atoms with Crippen molar-refractivity contribution in [3.05, 3.63) is 24.2 Å². The van der Waals surface area contributed by atoms with Crippen LogP contribution >= 0.6 is 0 Å². The van der Waals surface area contributed by atoms with E-state index in [1.807, 2.05) is 13.0 Å². The third kappa shape index (κ3) is 4.27. The molecule has 1 aliphatic heterocycles. The largest absolute Gasteiger partial charge is 0.469 e. The highest BCUT2D eigenvalue weighted by molar-refractivity contribution is 7.91.